The van der Waals surface area contributed by atoms with Crippen LogP contribution < -0.4 is 5.73 Å². The van der Waals surface area contributed by atoms with Crippen molar-refractivity contribution in [1.82, 2.24) is 9.88 Å². The number of para-hydroxylation sites is 1. The normalized spacial score (nSPS) is 14.1. The second-order valence-electron chi connectivity index (χ2n) is 6.13. The molecule has 0 saturated heterocycles. The molecule has 3 nitrogen and oxygen atoms in total. The van der Waals surface area contributed by atoms with Gasteiger partial charge in [-0.05, 0) is 37.6 Å². The Labute approximate surface area is 125 Å². The number of aromatic nitrogens is 1. The molecule has 0 radical (unpaired) electrons. The summed E-state index contributed by atoms with van der Waals surface area (Å²) in [5.41, 5.74) is 7.11. The topological polar surface area (TPSA) is 42.1 Å². The molecule has 20 heavy (non-hydrogen) atoms. The van der Waals surface area contributed by atoms with Crippen LogP contribution in [0.25, 0.3) is 10.2 Å². The summed E-state index contributed by atoms with van der Waals surface area (Å²) in [4.78, 5) is 7.25. The van der Waals surface area contributed by atoms with Gasteiger partial charge in [-0.2, -0.15) is 0 Å². The molecule has 1 aromatic heterocycles. The Balaban J connectivity index is 2.21. The summed E-state index contributed by atoms with van der Waals surface area (Å²) in [6.07, 6.45) is 0. The van der Waals surface area contributed by atoms with E-state index in [0.717, 1.165) is 18.6 Å². The van der Waals surface area contributed by atoms with E-state index in [1.807, 2.05) is 6.07 Å². The molecule has 2 aromatic rings. The molecule has 1 atom stereocenters. The Morgan fingerprint density at radius 1 is 1.35 bits per heavy atom. The molecule has 0 fully saturated rings. The van der Waals surface area contributed by atoms with Gasteiger partial charge in [-0.1, -0.05) is 32.9 Å². The summed E-state index contributed by atoms with van der Waals surface area (Å²) in [5, 5.41) is 1.20. The second kappa shape index (κ2) is 6.20. The van der Waals surface area contributed by atoms with E-state index in [1.54, 1.807) is 11.3 Å². The van der Waals surface area contributed by atoms with E-state index in [-0.39, 0.29) is 5.41 Å². The SMILES string of the molecule is CCN(CC(C)(C)CN)C(C)c1nc2ccccc2s1. The zero-order valence-corrected chi connectivity index (χ0v) is 13.7. The van der Waals surface area contributed by atoms with Crippen molar-refractivity contribution in [1.29, 1.82) is 0 Å². The number of fused-ring (bicyclic) bond motifs is 1. The van der Waals surface area contributed by atoms with Gasteiger partial charge >= 0.3 is 0 Å². The largest absolute Gasteiger partial charge is 0.330 e. The lowest BCUT2D eigenvalue weighted by Gasteiger charge is -2.34. The fourth-order valence-corrected chi connectivity index (χ4v) is 3.42. The van der Waals surface area contributed by atoms with Crippen molar-refractivity contribution in [2.24, 2.45) is 11.1 Å². The molecule has 1 heterocycles. The van der Waals surface area contributed by atoms with Crippen molar-refractivity contribution in [3.05, 3.63) is 29.3 Å². The predicted octanol–water partition coefficient (Wildman–Crippen LogP) is 3.66. The number of hydrogen-bond acceptors (Lipinski definition) is 4. The van der Waals surface area contributed by atoms with Crippen LogP contribution in [0.5, 0.6) is 0 Å². The zero-order chi connectivity index (χ0) is 14.8. The van der Waals surface area contributed by atoms with E-state index in [2.05, 4.69) is 50.8 Å². The highest BCUT2D eigenvalue weighted by molar-refractivity contribution is 7.18. The van der Waals surface area contributed by atoms with Gasteiger partial charge in [0.1, 0.15) is 5.01 Å². The van der Waals surface area contributed by atoms with Crippen LogP contribution in [0.4, 0.5) is 0 Å². The minimum atomic E-state index is 0.140. The standard InChI is InChI=1S/C16H25N3S/c1-5-19(11-16(3,4)10-17)12(2)15-18-13-8-6-7-9-14(13)20-15/h6-9,12H,5,10-11,17H2,1-4H3. The van der Waals surface area contributed by atoms with Gasteiger partial charge in [0, 0.05) is 6.54 Å². The Hall–Kier alpha value is -0.970. The molecule has 0 spiro atoms. The molecule has 0 amide bonds. The highest BCUT2D eigenvalue weighted by Crippen LogP contribution is 2.30. The molecule has 2 N–H and O–H groups in total. The number of nitrogens with zero attached hydrogens (tertiary/aromatic N) is 2. The van der Waals surface area contributed by atoms with Crippen molar-refractivity contribution in [2.75, 3.05) is 19.6 Å². The molecular weight excluding hydrogens is 266 g/mol. The average molecular weight is 291 g/mol. The van der Waals surface area contributed by atoms with Gasteiger partial charge in [0.25, 0.3) is 0 Å². The molecule has 0 aliphatic heterocycles. The van der Waals surface area contributed by atoms with E-state index in [1.165, 1.54) is 9.71 Å². The molecular formula is C16H25N3S. The van der Waals surface area contributed by atoms with Crippen LogP contribution in [0, 0.1) is 5.41 Å². The maximum absolute atomic E-state index is 5.87. The van der Waals surface area contributed by atoms with E-state index in [4.69, 9.17) is 10.7 Å². The molecule has 0 aliphatic carbocycles. The van der Waals surface area contributed by atoms with Crippen LogP contribution in [0.3, 0.4) is 0 Å². The van der Waals surface area contributed by atoms with Gasteiger partial charge in [-0.15, -0.1) is 11.3 Å². The minimum absolute atomic E-state index is 0.140. The number of nitrogens with two attached hydrogens (primary N) is 1. The van der Waals surface area contributed by atoms with Crippen LogP contribution in [-0.2, 0) is 0 Å². The van der Waals surface area contributed by atoms with Gasteiger partial charge in [0.2, 0.25) is 0 Å². The number of benzene rings is 1. The van der Waals surface area contributed by atoms with Gasteiger partial charge in [-0.3, -0.25) is 4.90 Å². The van der Waals surface area contributed by atoms with Gasteiger partial charge in [0.05, 0.1) is 16.3 Å². The lowest BCUT2D eigenvalue weighted by atomic mass is 9.92. The lowest BCUT2D eigenvalue weighted by molar-refractivity contribution is 0.147. The Kier molecular flexibility index (Phi) is 4.78. The molecule has 110 valence electrons. The van der Waals surface area contributed by atoms with Crippen LogP contribution in [0.15, 0.2) is 24.3 Å². The maximum atomic E-state index is 5.87. The van der Waals surface area contributed by atoms with Crippen molar-refractivity contribution in [3.63, 3.8) is 0 Å². The molecule has 0 saturated carbocycles. The molecule has 1 aromatic carbocycles. The fourth-order valence-electron chi connectivity index (χ4n) is 2.36. The quantitative estimate of drug-likeness (QED) is 0.883. The first-order chi connectivity index (χ1) is 9.46. The first-order valence-corrected chi connectivity index (χ1v) is 8.08. The number of hydrogen-bond donors (Lipinski definition) is 1. The van der Waals surface area contributed by atoms with Crippen LogP contribution in [-0.4, -0.2) is 29.5 Å². The van der Waals surface area contributed by atoms with Crippen LogP contribution in [0.2, 0.25) is 0 Å². The third-order valence-electron chi connectivity index (χ3n) is 3.81. The van der Waals surface area contributed by atoms with E-state index < -0.39 is 0 Å². The van der Waals surface area contributed by atoms with Gasteiger partial charge < -0.3 is 5.73 Å². The first-order valence-electron chi connectivity index (χ1n) is 7.26. The average Bonchev–Trinajstić information content (AvgIpc) is 2.88. The summed E-state index contributed by atoms with van der Waals surface area (Å²) in [5.74, 6) is 0. The summed E-state index contributed by atoms with van der Waals surface area (Å²) < 4.78 is 1.27. The van der Waals surface area contributed by atoms with E-state index in [0.29, 0.717) is 12.6 Å². The van der Waals surface area contributed by atoms with Crippen molar-refractivity contribution in [2.45, 2.75) is 33.7 Å². The zero-order valence-electron chi connectivity index (χ0n) is 12.9. The number of thiazole rings is 1. The van der Waals surface area contributed by atoms with Crippen LogP contribution >= 0.6 is 11.3 Å². The third-order valence-corrected chi connectivity index (χ3v) is 5.01. The van der Waals surface area contributed by atoms with Crippen LogP contribution in [0.1, 0.15) is 38.7 Å². The molecule has 1 unspecified atom stereocenters. The Bertz CT molecular complexity index is 529. The Morgan fingerprint density at radius 2 is 2.05 bits per heavy atom. The van der Waals surface area contributed by atoms with Crippen molar-refractivity contribution < 1.29 is 0 Å². The highest BCUT2D eigenvalue weighted by atomic mass is 32.1. The lowest BCUT2D eigenvalue weighted by Crippen LogP contribution is -2.39. The molecule has 0 bridgehead atoms. The summed E-state index contributed by atoms with van der Waals surface area (Å²) >= 11 is 1.80. The monoisotopic (exact) mass is 291 g/mol. The van der Waals surface area contributed by atoms with E-state index in [9.17, 15) is 0 Å². The van der Waals surface area contributed by atoms with Gasteiger partial charge in [-0.25, -0.2) is 4.98 Å². The fraction of sp³-hybridized carbons (Fsp3) is 0.562. The minimum Gasteiger partial charge on any atom is -0.330 e. The third kappa shape index (κ3) is 3.37. The van der Waals surface area contributed by atoms with Crippen molar-refractivity contribution >= 4 is 21.6 Å². The maximum Gasteiger partial charge on any atom is 0.111 e. The highest BCUT2D eigenvalue weighted by Gasteiger charge is 2.25. The summed E-state index contributed by atoms with van der Waals surface area (Å²) in [6, 6.07) is 8.68. The van der Waals surface area contributed by atoms with E-state index >= 15 is 0 Å². The predicted molar refractivity (Wildman–Crippen MR) is 88.1 cm³/mol. The Morgan fingerprint density at radius 3 is 2.65 bits per heavy atom. The molecule has 2 rings (SSSR count). The first kappa shape index (κ1) is 15.4. The summed E-state index contributed by atoms with van der Waals surface area (Å²) in [7, 11) is 0. The summed E-state index contributed by atoms with van der Waals surface area (Å²) in [6.45, 7) is 11.6. The van der Waals surface area contributed by atoms with Gasteiger partial charge in [0.15, 0.2) is 0 Å². The molecule has 0 aliphatic rings. The smallest absolute Gasteiger partial charge is 0.111 e. The second-order valence-corrected chi connectivity index (χ2v) is 7.19. The molecule has 4 heteroatoms. The van der Waals surface area contributed by atoms with Crippen molar-refractivity contribution in [3.8, 4) is 0 Å². The number of rotatable bonds is 6.